The highest BCUT2D eigenvalue weighted by atomic mass is 35.5. The van der Waals surface area contributed by atoms with E-state index in [1.165, 1.54) is 0 Å². The predicted molar refractivity (Wildman–Crippen MR) is 111 cm³/mol. The third-order valence-corrected chi connectivity index (χ3v) is 6.22. The maximum atomic E-state index is 6.22. The molecule has 0 bridgehead atoms. The van der Waals surface area contributed by atoms with Gasteiger partial charge in [0, 0.05) is 35.9 Å². The van der Waals surface area contributed by atoms with Gasteiger partial charge in [-0.25, -0.2) is 0 Å². The maximum absolute atomic E-state index is 6.22. The summed E-state index contributed by atoms with van der Waals surface area (Å²) in [5.41, 5.74) is 1.46. The molecule has 0 aliphatic carbocycles. The van der Waals surface area contributed by atoms with Crippen molar-refractivity contribution in [1.29, 1.82) is 0 Å². The number of nitrogens with zero attached hydrogens (tertiary/aromatic N) is 3. The molecule has 1 atom stereocenters. The zero-order valence-corrected chi connectivity index (χ0v) is 16.7. The van der Waals surface area contributed by atoms with E-state index in [2.05, 4.69) is 27.2 Å². The van der Waals surface area contributed by atoms with Crippen LogP contribution in [0.1, 0.15) is 6.42 Å². The van der Waals surface area contributed by atoms with Gasteiger partial charge in [0.25, 0.3) is 0 Å². The second-order valence-corrected chi connectivity index (χ2v) is 8.12. The molecule has 28 heavy (non-hydrogen) atoms. The Labute approximate surface area is 173 Å². The highest BCUT2D eigenvalue weighted by molar-refractivity contribution is 6.42. The van der Waals surface area contributed by atoms with Crippen LogP contribution < -0.4 is 4.90 Å². The Kier molecular flexibility index (Phi) is 4.63. The van der Waals surface area contributed by atoms with E-state index in [1.807, 2.05) is 24.3 Å². The quantitative estimate of drug-likeness (QED) is 0.611. The highest BCUT2D eigenvalue weighted by Gasteiger charge is 2.41. The zero-order chi connectivity index (χ0) is 19.1. The van der Waals surface area contributed by atoms with Crippen molar-refractivity contribution >= 4 is 39.8 Å². The van der Waals surface area contributed by atoms with Crippen LogP contribution in [0, 0.1) is 0 Å². The van der Waals surface area contributed by atoms with Gasteiger partial charge in [-0.3, -0.25) is 0 Å². The number of halogens is 2. The first-order chi connectivity index (χ1) is 13.7. The molecule has 2 fully saturated rings. The van der Waals surface area contributed by atoms with E-state index in [4.69, 9.17) is 32.7 Å². The molecule has 2 aromatic carbocycles. The van der Waals surface area contributed by atoms with Crippen molar-refractivity contribution in [3.63, 3.8) is 0 Å². The lowest BCUT2D eigenvalue weighted by Crippen LogP contribution is -2.52. The van der Waals surface area contributed by atoms with Crippen LogP contribution in [0.5, 0.6) is 0 Å². The Morgan fingerprint density at radius 3 is 2.61 bits per heavy atom. The van der Waals surface area contributed by atoms with Crippen molar-refractivity contribution in [2.45, 2.75) is 12.0 Å². The number of aromatic nitrogens is 2. The molecule has 5 rings (SSSR count). The first kappa shape index (κ1) is 18.1. The van der Waals surface area contributed by atoms with Gasteiger partial charge >= 0.3 is 0 Å². The van der Waals surface area contributed by atoms with Crippen molar-refractivity contribution in [2.75, 3.05) is 37.8 Å². The average molecular weight is 416 g/mol. The lowest BCUT2D eigenvalue weighted by Gasteiger charge is -2.40. The van der Waals surface area contributed by atoms with E-state index in [1.54, 1.807) is 6.07 Å². The molecule has 1 aromatic heterocycles. The van der Waals surface area contributed by atoms with Crippen LogP contribution in [0.15, 0.2) is 42.5 Å². The molecule has 144 valence electrons. The highest BCUT2D eigenvalue weighted by Crippen LogP contribution is 2.36. The summed E-state index contributed by atoms with van der Waals surface area (Å²) < 4.78 is 11.7. The van der Waals surface area contributed by atoms with Gasteiger partial charge in [0.15, 0.2) is 5.82 Å². The van der Waals surface area contributed by atoms with E-state index in [-0.39, 0.29) is 5.60 Å². The Morgan fingerprint density at radius 2 is 1.82 bits per heavy atom. The normalized spacial score (nSPS) is 22.3. The van der Waals surface area contributed by atoms with E-state index in [0.29, 0.717) is 23.3 Å². The molecule has 2 aliphatic heterocycles. The third-order valence-electron chi connectivity index (χ3n) is 5.48. The minimum atomic E-state index is -0.233. The molecule has 5 nitrogen and oxygen atoms in total. The molecular weight excluding hydrogens is 397 g/mol. The lowest BCUT2D eigenvalue weighted by molar-refractivity contribution is -0.0580. The Hall–Kier alpha value is -1.92. The van der Waals surface area contributed by atoms with Crippen LogP contribution in [0.2, 0.25) is 10.0 Å². The van der Waals surface area contributed by atoms with E-state index in [0.717, 1.165) is 54.0 Å². The van der Waals surface area contributed by atoms with Crippen molar-refractivity contribution in [3.05, 3.63) is 52.5 Å². The molecule has 3 heterocycles. The second-order valence-electron chi connectivity index (χ2n) is 7.30. The summed E-state index contributed by atoms with van der Waals surface area (Å²) in [6, 6.07) is 13.7. The first-order valence-electron chi connectivity index (χ1n) is 9.33. The molecule has 0 N–H and O–H groups in total. The summed E-state index contributed by atoms with van der Waals surface area (Å²) in [5.74, 6) is 0.883. The molecule has 1 spiro atoms. The van der Waals surface area contributed by atoms with Crippen molar-refractivity contribution in [1.82, 2.24) is 10.2 Å². The number of benzene rings is 2. The summed E-state index contributed by atoms with van der Waals surface area (Å²) >= 11 is 12.3. The monoisotopic (exact) mass is 415 g/mol. The van der Waals surface area contributed by atoms with Crippen molar-refractivity contribution in [2.24, 2.45) is 0 Å². The molecule has 2 saturated heterocycles. The van der Waals surface area contributed by atoms with Gasteiger partial charge in [-0.2, -0.15) is 0 Å². The SMILES string of the molecule is Clc1ccc(-c2nnc(N3CCOC4(CCOC4)C3)c3ccccc23)cc1Cl. The summed E-state index contributed by atoms with van der Waals surface area (Å²) in [7, 11) is 0. The van der Waals surface area contributed by atoms with Crippen LogP contribution in [0.3, 0.4) is 0 Å². The van der Waals surface area contributed by atoms with Gasteiger partial charge in [0.05, 0.1) is 29.8 Å². The average Bonchev–Trinajstić information content (AvgIpc) is 3.16. The smallest absolute Gasteiger partial charge is 0.159 e. The first-order valence-corrected chi connectivity index (χ1v) is 10.1. The number of hydrogen-bond donors (Lipinski definition) is 0. The van der Waals surface area contributed by atoms with Gasteiger partial charge in [-0.1, -0.05) is 53.5 Å². The fourth-order valence-corrected chi connectivity index (χ4v) is 4.33. The van der Waals surface area contributed by atoms with Crippen LogP contribution >= 0.6 is 23.2 Å². The number of fused-ring (bicyclic) bond motifs is 1. The number of anilines is 1. The minimum Gasteiger partial charge on any atom is -0.378 e. The van der Waals surface area contributed by atoms with Crippen LogP contribution in [-0.2, 0) is 9.47 Å². The van der Waals surface area contributed by atoms with E-state index in [9.17, 15) is 0 Å². The van der Waals surface area contributed by atoms with Gasteiger partial charge in [0.1, 0.15) is 11.3 Å². The number of ether oxygens (including phenoxy) is 2. The van der Waals surface area contributed by atoms with E-state index < -0.39 is 0 Å². The topological polar surface area (TPSA) is 47.5 Å². The van der Waals surface area contributed by atoms with Gasteiger partial charge in [-0.05, 0) is 12.1 Å². The molecule has 2 aliphatic rings. The fraction of sp³-hybridized carbons (Fsp3) is 0.333. The minimum absolute atomic E-state index is 0.233. The van der Waals surface area contributed by atoms with Gasteiger partial charge < -0.3 is 14.4 Å². The second kappa shape index (κ2) is 7.16. The molecule has 7 heteroatoms. The van der Waals surface area contributed by atoms with Crippen LogP contribution in [0.4, 0.5) is 5.82 Å². The number of morpholine rings is 1. The molecule has 3 aromatic rings. The Bertz CT molecular complexity index is 1040. The van der Waals surface area contributed by atoms with E-state index >= 15 is 0 Å². The summed E-state index contributed by atoms with van der Waals surface area (Å²) in [4.78, 5) is 2.27. The number of hydrogen-bond acceptors (Lipinski definition) is 5. The van der Waals surface area contributed by atoms with Crippen LogP contribution in [0.25, 0.3) is 22.0 Å². The summed E-state index contributed by atoms with van der Waals surface area (Å²) in [6.45, 7) is 3.59. The Morgan fingerprint density at radius 1 is 0.964 bits per heavy atom. The maximum Gasteiger partial charge on any atom is 0.159 e. The van der Waals surface area contributed by atoms with Gasteiger partial charge in [-0.15, -0.1) is 10.2 Å². The van der Waals surface area contributed by atoms with Crippen molar-refractivity contribution < 1.29 is 9.47 Å². The number of rotatable bonds is 2. The third kappa shape index (κ3) is 3.12. The summed E-state index contributed by atoms with van der Waals surface area (Å²) in [6.07, 6.45) is 0.913. The zero-order valence-electron chi connectivity index (χ0n) is 15.2. The molecular formula is C21H19Cl2N3O2. The standard InChI is InChI=1S/C21H19Cl2N3O2/c22-17-6-5-14(11-18(17)23)19-15-3-1-2-4-16(15)20(25-24-19)26-8-10-28-21(12-26)7-9-27-13-21/h1-6,11H,7-10,12-13H2. The molecule has 1 unspecified atom stereocenters. The molecule has 0 amide bonds. The Balaban J connectivity index is 1.59. The fourth-order valence-electron chi connectivity index (χ4n) is 4.03. The lowest BCUT2D eigenvalue weighted by atomic mass is 10.00. The summed E-state index contributed by atoms with van der Waals surface area (Å²) in [5, 5.41) is 12.3. The van der Waals surface area contributed by atoms with Crippen molar-refractivity contribution in [3.8, 4) is 11.3 Å². The largest absolute Gasteiger partial charge is 0.378 e. The van der Waals surface area contributed by atoms with Crippen LogP contribution in [-0.4, -0.2) is 48.7 Å². The molecule has 0 radical (unpaired) electrons. The molecule has 0 saturated carbocycles. The predicted octanol–water partition coefficient (Wildman–Crippen LogP) is 4.60. The van der Waals surface area contributed by atoms with Gasteiger partial charge in [0.2, 0.25) is 0 Å².